The van der Waals surface area contributed by atoms with Crippen molar-refractivity contribution in [2.45, 2.75) is 0 Å². The van der Waals surface area contributed by atoms with E-state index in [4.69, 9.17) is 9.84 Å². The fraction of sp³-hybridized carbons (Fsp3) is 0. The smallest absolute Gasteiger partial charge is 0.343 e. The normalized spacial score (nSPS) is 9.80. The summed E-state index contributed by atoms with van der Waals surface area (Å²) in [6.45, 7) is 0. The molecule has 0 radical (unpaired) electrons. The van der Waals surface area contributed by atoms with Gasteiger partial charge in [0.1, 0.15) is 12.0 Å². The summed E-state index contributed by atoms with van der Waals surface area (Å²) in [5.74, 6) is -1.35. The van der Waals surface area contributed by atoms with Crippen LogP contribution in [0.2, 0.25) is 0 Å². The highest BCUT2D eigenvalue weighted by Gasteiger charge is 2.10. The van der Waals surface area contributed by atoms with Crippen LogP contribution in [-0.2, 0) is 0 Å². The second-order valence-corrected chi connectivity index (χ2v) is 3.96. The van der Waals surface area contributed by atoms with E-state index in [1.165, 1.54) is 48.5 Å². The van der Waals surface area contributed by atoms with Crippen molar-refractivity contribution in [2.75, 3.05) is 0 Å². The minimum Gasteiger partial charge on any atom is -0.478 e. The van der Waals surface area contributed by atoms with Crippen LogP contribution in [-0.4, -0.2) is 23.3 Å². The Morgan fingerprint density at radius 2 is 1.45 bits per heavy atom. The Hall–Kier alpha value is -2.95. The molecule has 2 aromatic rings. The van der Waals surface area contributed by atoms with Crippen LogP contribution in [0.15, 0.2) is 48.5 Å². The van der Waals surface area contributed by atoms with Gasteiger partial charge in [0.05, 0.1) is 11.1 Å². The maximum absolute atomic E-state index is 11.8. The van der Waals surface area contributed by atoms with E-state index in [1.54, 1.807) is 0 Å². The van der Waals surface area contributed by atoms with Crippen molar-refractivity contribution in [3.8, 4) is 5.75 Å². The summed E-state index contributed by atoms with van der Waals surface area (Å²) >= 11 is 0. The molecule has 20 heavy (non-hydrogen) atoms. The van der Waals surface area contributed by atoms with Gasteiger partial charge < -0.3 is 9.84 Å². The first kappa shape index (κ1) is 13.5. The van der Waals surface area contributed by atoms with Gasteiger partial charge in [0.15, 0.2) is 0 Å². The average molecular weight is 270 g/mol. The van der Waals surface area contributed by atoms with Gasteiger partial charge in [0, 0.05) is 5.56 Å². The Morgan fingerprint density at radius 3 is 1.95 bits per heavy atom. The molecule has 0 saturated carbocycles. The maximum atomic E-state index is 11.8. The number of carbonyl (C=O) groups is 3. The Bertz CT molecular complexity index is 641. The van der Waals surface area contributed by atoms with Gasteiger partial charge in [-0.25, -0.2) is 9.59 Å². The van der Waals surface area contributed by atoms with Crippen molar-refractivity contribution < 1.29 is 24.2 Å². The molecule has 0 aliphatic carbocycles. The molecule has 0 atom stereocenters. The number of hydrogen-bond acceptors (Lipinski definition) is 4. The molecule has 2 aromatic carbocycles. The monoisotopic (exact) mass is 270 g/mol. The van der Waals surface area contributed by atoms with Crippen molar-refractivity contribution in [3.63, 3.8) is 0 Å². The molecule has 0 aliphatic rings. The third-order valence-electron chi connectivity index (χ3n) is 2.59. The fourth-order valence-corrected chi connectivity index (χ4v) is 1.53. The molecule has 0 aliphatic heterocycles. The molecule has 2 rings (SSSR count). The minimum atomic E-state index is -1.06. The number of hydrogen-bond donors (Lipinski definition) is 1. The van der Waals surface area contributed by atoms with Gasteiger partial charge in [0.25, 0.3) is 0 Å². The fourth-order valence-electron chi connectivity index (χ4n) is 1.53. The van der Waals surface area contributed by atoms with Crippen LogP contribution >= 0.6 is 0 Å². The zero-order valence-corrected chi connectivity index (χ0v) is 10.3. The molecule has 5 heteroatoms. The summed E-state index contributed by atoms with van der Waals surface area (Å²) in [6.07, 6.45) is 0.691. The van der Waals surface area contributed by atoms with Crippen molar-refractivity contribution in [1.82, 2.24) is 0 Å². The molecule has 5 nitrogen and oxygen atoms in total. The lowest BCUT2D eigenvalue weighted by atomic mass is 10.1. The molecule has 100 valence electrons. The minimum absolute atomic E-state index is 0.0943. The molecule has 0 spiro atoms. The van der Waals surface area contributed by atoms with Gasteiger partial charge in [0.2, 0.25) is 0 Å². The second-order valence-electron chi connectivity index (χ2n) is 3.96. The zero-order chi connectivity index (χ0) is 14.5. The Labute approximate surface area is 114 Å². The molecular weight excluding hydrogens is 260 g/mol. The summed E-state index contributed by atoms with van der Waals surface area (Å²) in [6, 6.07) is 11.5. The molecule has 0 heterocycles. The summed E-state index contributed by atoms with van der Waals surface area (Å²) in [5.41, 5.74) is 0.821. The average Bonchev–Trinajstić information content (AvgIpc) is 2.48. The number of benzene rings is 2. The van der Waals surface area contributed by atoms with E-state index >= 15 is 0 Å². The van der Waals surface area contributed by atoms with Crippen molar-refractivity contribution in [1.29, 1.82) is 0 Å². The van der Waals surface area contributed by atoms with Crippen molar-refractivity contribution >= 4 is 18.2 Å². The SMILES string of the molecule is O=Cc1ccc(OC(=O)c2ccc(C(=O)O)cc2)cc1. The number of carboxylic acids is 1. The highest BCUT2D eigenvalue weighted by molar-refractivity contribution is 5.93. The van der Waals surface area contributed by atoms with Crippen LogP contribution in [0.1, 0.15) is 31.1 Å². The number of esters is 1. The van der Waals surface area contributed by atoms with Crippen LogP contribution in [0.5, 0.6) is 5.75 Å². The lowest BCUT2D eigenvalue weighted by Gasteiger charge is -2.04. The lowest BCUT2D eigenvalue weighted by Crippen LogP contribution is -2.09. The predicted octanol–water partition coefficient (Wildman–Crippen LogP) is 2.42. The number of ether oxygens (including phenoxy) is 1. The van der Waals surface area contributed by atoms with E-state index in [0.717, 1.165) is 0 Å². The van der Waals surface area contributed by atoms with Crippen molar-refractivity contribution in [3.05, 3.63) is 65.2 Å². The largest absolute Gasteiger partial charge is 0.478 e. The van der Waals surface area contributed by atoms with Gasteiger partial charge in [-0.1, -0.05) is 0 Å². The van der Waals surface area contributed by atoms with E-state index in [2.05, 4.69) is 0 Å². The molecule has 0 fully saturated rings. The van der Waals surface area contributed by atoms with Crippen LogP contribution in [0.25, 0.3) is 0 Å². The first-order valence-electron chi connectivity index (χ1n) is 5.71. The summed E-state index contributed by atoms with van der Waals surface area (Å²) in [4.78, 5) is 33.0. The standard InChI is InChI=1S/C15H10O5/c16-9-10-1-7-13(8-2-10)20-15(19)12-5-3-11(4-6-12)14(17)18/h1-9H,(H,17,18). The van der Waals surface area contributed by atoms with E-state index in [0.29, 0.717) is 17.6 Å². The third kappa shape index (κ3) is 3.08. The van der Waals surface area contributed by atoms with Crippen LogP contribution in [0.3, 0.4) is 0 Å². The Kier molecular flexibility index (Phi) is 3.91. The Morgan fingerprint density at radius 1 is 0.900 bits per heavy atom. The van der Waals surface area contributed by atoms with Gasteiger partial charge in [-0.05, 0) is 48.5 Å². The van der Waals surface area contributed by atoms with E-state index in [-0.39, 0.29) is 11.1 Å². The van der Waals surface area contributed by atoms with Gasteiger partial charge >= 0.3 is 11.9 Å². The lowest BCUT2D eigenvalue weighted by molar-refractivity contribution is 0.0691. The molecule has 0 unspecified atom stereocenters. The van der Waals surface area contributed by atoms with E-state index in [9.17, 15) is 14.4 Å². The quantitative estimate of drug-likeness (QED) is 0.524. The van der Waals surface area contributed by atoms with Crippen LogP contribution < -0.4 is 4.74 Å². The van der Waals surface area contributed by atoms with Crippen LogP contribution in [0, 0.1) is 0 Å². The maximum Gasteiger partial charge on any atom is 0.343 e. The zero-order valence-electron chi connectivity index (χ0n) is 10.3. The molecular formula is C15H10O5. The molecule has 1 N–H and O–H groups in total. The molecule has 0 bridgehead atoms. The first-order chi connectivity index (χ1) is 9.60. The van der Waals surface area contributed by atoms with Crippen molar-refractivity contribution in [2.24, 2.45) is 0 Å². The summed E-state index contributed by atoms with van der Waals surface area (Å²) in [7, 11) is 0. The van der Waals surface area contributed by atoms with Crippen LogP contribution in [0.4, 0.5) is 0 Å². The number of aldehydes is 1. The number of carbonyl (C=O) groups excluding carboxylic acids is 2. The topological polar surface area (TPSA) is 80.7 Å². The Balaban J connectivity index is 2.10. The number of aromatic carboxylic acids is 1. The van der Waals surface area contributed by atoms with Gasteiger partial charge in [-0.15, -0.1) is 0 Å². The highest BCUT2D eigenvalue weighted by atomic mass is 16.5. The second kappa shape index (κ2) is 5.79. The number of rotatable bonds is 4. The first-order valence-corrected chi connectivity index (χ1v) is 5.71. The predicted molar refractivity (Wildman–Crippen MR) is 70.2 cm³/mol. The van der Waals surface area contributed by atoms with Gasteiger partial charge in [-0.3, -0.25) is 4.79 Å². The van der Waals surface area contributed by atoms with Gasteiger partial charge in [-0.2, -0.15) is 0 Å². The third-order valence-corrected chi connectivity index (χ3v) is 2.59. The number of carboxylic acid groups (broad SMARTS) is 1. The summed E-state index contributed by atoms with van der Waals surface area (Å²) in [5, 5.41) is 8.75. The summed E-state index contributed by atoms with van der Waals surface area (Å²) < 4.78 is 5.10. The highest BCUT2D eigenvalue weighted by Crippen LogP contribution is 2.14. The van der Waals surface area contributed by atoms with E-state index < -0.39 is 11.9 Å². The molecule has 0 aromatic heterocycles. The van der Waals surface area contributed by atoms with E-state index in [1.807, 2.05) is 0 Å². The molecule has 0 amide bonds. The molecule has 0 saturated heterocycles.